The minimum absolute atomic E-state index is 1.09. The van der Waals surface area contributed by atoms with E-state index in [9.17, 15) is 0 Å². The Labute approximate surface area is 61.7 Å². The lowest BCUT2D eigenvalue weighted by atomic mass is 10.1. The first kappa shape index (κ1) is 7.32. The maximum atomic E-state index is 4.15. The Balaban J connectivity index is 2.70. The second kappa shape index (κ2) is 3.40. The van der Waals surface area contributed by atoms with Gasteiger partial charge in [-0.25, -0.2) is 0 Å². The molecule has 0 aliphatic carbocycles. The second-order valence-corrected chi connectivity index (χ2v) is 2.46. The van der Waals surface area contributed by atoms with Gasteiger partial charge in [-0.15, -0.1) is 0 Å². The van der Waals surface area contributed by atoms with Crippen molar-refractivity contribution in [2.45, 2.75) is 33.1 Å². The van der Waals surface area contributed by atoms with E-state index >= 15 is 0 Å². The molecule has 2 nitrogen and oxygen atoms in total. The summed E-state index contributed by atoms with van der Waals surface area (Å²) in [6.07, 6.45) is 5.36. The van der Waals surface area contributed by atoms with E-state index in [-0.39, 0.29) is 0 Å². The molecule has 0 atom stereocenters. The van der Waals surface area contributed by atoms with Crippen molar-refractivity contribution in [3.05, 3.63) is 17.5 Å². The first-order valence-electron chi connectivity index (χ1n) is 3.90. The molecule has 0 amide bonds. The van der Waals surface area contributed by atoms with Crippen molar-refractivity contribution in [3.8, 4) is 0 Å². The first-order chi connectivity index (χ1) is 4.88. The predicted octanol–water partition coefficient (Wildman–Crippen LogP) is 1.92. The summed E-state index contributed by atoms with van der Waals surface area (Å²) in [5, 5.41) is 7.04. The molecule has 0 spiro atoms. The summed E-state index contributed by atoms with van der Waals surface area (Å²) in [4.78, 5) is 0. The largest absolute Gasteiger partial charge is 0.285 e. The minimum atomic E-state index is 1.09. The van der Waals surface area contributed by atoms with Crippen LogP contribution in [0.1, 0.15) is 31.5 Å². The highest BCUT2D eigenvalue weighted by Gasteiger charge is 2.00. The van der Waals surface area contributed by atoms with Gasteiger partial charge < -0.3 is 0 Å². The Bertz CT molecular complexity index is 191. The number of aromatic nitrogens is 2. The summed E-state index contributed by atoms with van der Waals surface area (Å²) in [6, 6.07) is 0. The maximum absolute atomic E-state index is 4.15. The molecule has 0 fully saturated rings. The summed E-state index contributed by atoms with van der Waals surface area (Å²) in [6.45, 7) is 4.33. The molecular weight excluding hydrogens is 124 g/mol. The molecule has 1 rings (SSSR count). The van der Waals surface area contributed by atoms with Gasteiger partial charge in [-0.3, -0.25) is 5.10 Å². The number of H-pyrrole nitrogens is 1. The Hall–Kier alpha value is -0.790. The van der Waals surface area contributed by atoms with Crippen LogP contribution >= 0.6 is 0 Å². The molecule has 0 aromatic carbocycles. The van der Waals surface area contributed by atoms with Crippen LogP contribution in [0.4, 0.5) is 0 Å². The fraction of sp³-hybridized carbons (Fsp3) is 0.625. The van der Waals surface area contributed by atoms with E-state index in [1.165, 1.54) is 17.7 Å². The van der Waals surface area contributed by atoms with Gasteiger partial charge in [0.05, 0.1) is 5.69 Å². The van der Waals surface area contributed by atoms with Gasteiger partial charge in [-0.2, -0.15) is 5.10 Å². The normalized spacial score (nSPS) is 10.2. The fourth-order valence-electron chi connectivity index (χ4n) is 1.10. The molecule has 0 bridgehead atoms. The van der Waals surface area contributed by atoms with E-state index in [4.69, 9.17) is 0 Å². The molecule has 1 aromatic heterocycles. The average molecular weight is 138 g/mol. The van der Waals surface area contributed by atoms with Crippen LogP contribution in [0.5, 0.6) is 0 Å². The third-order valence-electron chi connectivity index (χ3n) is 1.68. The van der Waals surface area contributed by atoms with Crippen molar-refractivity contribution in [2.75, 3.05) is 0 Å². The van der Waals surface area contributed by atoms with Gasteiger partial charge >= 0.3 is 0 Å². The van der Waals surface area contributed by atoms with Gasteiger partial charge in [0.25, 0.3) is 0 Å². The van der Waals surface area contributed by atoms with Gasteiger partial charge in [0.2, 0.25) is 0 Å². The molecule has 2 heteroatoms. The highest BCUT2D eigenvalue weighted by molar-refractivity contribution is 5.15. The Kier molecular flexibility index (Phi) is 2.49. The van der Waals surface area contributed by atoms with Crippen molar-refractivity contribution in [1.82, 2.24) is 10.2 Å². The molecule has 0 saturated carbocycles. The molecule has 1 aromatic rings. The Morgan fingerprint density at radius 2 is 2.30 bits per heavy atom. The quantitative estimate of drug-likeness (QED) is 0.679. The predicted molar refractivity (Wildman–Crippen MR) is 42.0 cm³/mol. The van der Waals surface area contributed by atoms with Crippen LogP contribution < -0.4 is 0 Å². The van der Waals surface area contributed by atoms with E-state index in [0.717, 1.165) is 12.8 Å². The van der Waals surface area contributed by atoms with Gasteiger partial charge in [-0.05, 0) is 18.4 Å². The second-order valence-electron chi connectivity index (χ2n) is 2.46. The monoisotopic (exact) mass is 138 g/mol. The minimum Gasteiger partial charge on any atom is -0.285 e. The van der Waals surface area contributed by atoms with Gasteiger partial charge in [0, 0.05) is 6.20 Å². The molecule has 56 valence electrons. The summed E-state index contributed by atoms with van der Waals surface area (Å²) < 4.78 is 0. The lowest BCUT2D eigenvalue weighted by Gasteiger charge is -1.93. The zero-order chi connectivity index (χ0) is 7.40. The van der Waals surface area contributed by atoms with Crippen LogP contribution in [0.25, 0.3) is 0 Å². The number of rotatable bonds is 3. The molecule has 0 aliphatic heterocycles. The molecule has 1 N–H and O–H groups in total. The number of nitrogens with zero attached hydrogens (tertiary/aromatic N) is 1. The summed E-state index contributed by atoms with van der Waals surface area (Å²) in [7, 11) is 0. The fourth-order valence-corrected chi connectivity index (χ4v) is 1.10. The third kappa shape index (κ3) is 1.38. The van der Waals surface area contributed by atoms with Gasteiger partial charge in [-0.1, -0.05) is 20.3 Å². The van der Waals surface area contributed by atoms with E-state index < -0.39 is 0 Å². The number of hydrogen-bond donors (Lipinski definition) is 1. The number of nitrogens with one attached hydrogen (secondary N) is 1. The third-order valence-corrected chi connectivity index (χ3v) is 1.68. The standard InChI is InChI=1S/C8H14N2/c1-3-5-8-7(4-2)6-9-10-8/h6H,3-5H2,1-2H3,(H,9,10). The molecule has 0 unspecified atom stereocenters. The average Bonchev–Trinajstić information content (AvgIpc) is 2.36. The zero-order valence-electron chi connectivity index (χ0n) is 6.65. The summed E-state index contributed by atoms with van der Waals surface area (Å²) >= 11 is 0. The molecule has 0 aliphatic rings. The van der Waals surface area contributed by atoms with Crippen LogP contribution in [-0.4, -0.2) is 10.2 Å². The lowest BCUT2D eigenvalue weighted by Crippen LogP contribution is -1.88. The lowest BCUT2D eigenvalue weighted by molar-refractivity contribution is 0.854. The van der Waals surface area contributed by atoms with Crippen molar-refractivity contribution >= 4 is 0 Å². The van der Waals surface area contributed by atoms with Crippen molar-refractivity contribution in [1.29, 1.82) is 0 Å². The highest BCUT2D eigenvalue weighted by atomic mass is 15.1. The smallest absolute Gasteiger partial charge is 0.0653 e. The van der Waals surface area contributed by atoms with Gasteiger partial charge in [0.15, 0.2) is 0 Å². The SMILES string of the molecule is CCCc1n[nH]cc1CC. The maximum Gasteiger partial charge on any atom is 0.0653 e. The molecule has 10 heavy (non-hydrogen) atoms. The Morgan fingerprint density at radius 1 is 1.50 bits per heavy atom. The van der Waals surface area contributed by atoms with Gasteiger partial charge in [0.1, 0.15) is 0 Å². The number of aryl methyl sites for hydroxylation is 2. The van der Waals surface area contributed by atoms with E-state index in [1.807, 2.05) is 6.20 Å². The highest BCUT2D eigenvalue weighted by Crippen LogP contribution is 2.06. The van der Waals surface area contributed by atoms with E-state index in [2.05, 4.69) is 24.0 Å². The van der Waals surface area contributed by atoms with E-state index in [0.29, 0.717) is 0 Å². The van der Waals surface area contributed by atoms with Crippen LogP contribution in [0.3, 0.4) is 0 Å². The van der Waals surface area contributed by atoms with Crippen LogP contribution in [0, 0.1) is 0 Å². The Morgan fingerprint density at radius 3 is 2.90 bits per heavy atom. The molecular formula is C8H14N2. The molecule has 1 heterocycles. The number of aromatic amines is 1. The topological polar surface area (TPSA) is 28.7 Å². The van der Waals surface area contributed by atoms with Crippen LogP contribution in [-0.2, 0) is 12.8 Å². The van der Waals surface area contributed by atoms with Crippen molar-refractivity contribution < 1.29 is 0 Å². The molecule has 0 radical (unpaired) electrons. The summed E-state index contributed by atoms with van der Waals surface area (Å²) in [5.74, 6) is 0. The first-order valence-corrected chi connectivity index (χ1v) is 3.90. The number of hydrogen-bond acceptors (Lipinski definition) is 1. The van der Waals surface area contributed by atoms with Crippen molar-refractivity contribution in [2.24, 2.45) is 0 Å². The molecule has 0 saturated heterocycles. The van der Waals surface area contributed by atoms with Crippen molar-refractivity contribution in [3.63, 3.8) is 0 Å². The van der Waals surface area contributed by atoms with E-state index in [1.54, 1.807) is 0 Å². The van der Waals surface area contributed by atoms with Crippen LogP contribution in [0.2, 0.25) is 0 Å². The summed E-state index contributed by atoms with van der Waals surface area (Å²) in [5.41, 5.74) is 2.60. The van der Waals surface area contributed by atoms with Crippen LogP contribution in [0.15, 0.2) is 6.20 Å². The zero-order valence-corrected chi connectivity index (χ0v) is 6.65.